The van der Waals surface area contributed by atoms with Crippen molar-refractivity contribution in [2.75, 3.05) is 0 Å². The molecule has 3 rings (SSSR count). The molecule has 1 amide bonds. The van der Waals surface area contributed by atoms with Crippen LogP contribution in [0.4, 0.5) is 4.39 Å². The first-order valence-corrected chi connectivity index (χ1v) is 9.33. The van der Waals surface area contributed by atoms with Gasteiger partial charge in [0.15, 0.2) is 0 Å². The fourth-order valence-electron chi connectivity index (χ4n) is 4.18. The summed E-state index contributed by atoms with van der Waals surface area (Å²) in [6.07, 6.45) is 11.3. The van der Waals surface area contributed by atoms with Gasteiger partial charge in [0.2, 0.25) is 0 Å². The number of hydrogen-bond acceptors (Lipinski definition) is 1. The largest absolute Gasteiger partial charge is 0.333 e. The van der Waals surface area contributed by atoms with E-state index in [1.54, 1.807) is 12.1 Å². The third kappa shape index (κ3) is 3.71. The predicted octanol–water partition coefficient (Wildman–Crippen LogP) is 5.59. The molecule has 2 aliphatic carbocycles. The maximum Gasteiger partial charge on any atom is 0.258 e. The first-order chi connectivity index (χ1) is 11.2. The van der Waals surface area contributed by atoms with Crippen LogP contribution in [-0.4, -0.2) is 22.9 Å². The van der Waals surface area contributed by atoms with Gasteiger partial charge in [0.25, 0.3) is 5.91 Å². The van der Waals surface area contributed by atoms with Crippen LogP contribution >= 0.6 is 11.6 Å². The lowest BCUT2D eigenvalue weighted by Crippen LogP contribution is -2.49. The summed E-state index contributed by atoms with van der Waals surface area (Å²) in [7, 11) is 0. The second-order valence-corrected chi connectivity index (χ2v) is 7.30. The lowest BCUT2D eigenvalue weighted by atomic mass is 9.88. The van der Waals surface area contributed by atoms with E-state index in [0.29, 0.717) is 0 Å². The fourth-order valence-corrected chi connectivity index (χ4v) is 4.42. The summed E-state index contributed by atoms with van der Waals surface area (Å²) >= 11 is 6.16. The van der Waals surface area contributed by atoms with Crippen molar-refractivity contribution in [3.05, 3.63) is 34.6 Å². The summed E-state index contributed by atoms with van der Waals surface area (Å²) in [5, 5.41) is 0.228. The first kappa shape index (κ1) is 16.8. The highest BCUT2D eigenvalue weighted by molar-refractivity contribution is 6.33. The van der Waals surface area contributed by atoms with E-state index in [9.17, 15) is 9.18 Å². The van der Waals surface area contributed by atoms with Gasteiger partial charge < -0.3 is 4.90 Å². The van der Waals surface area contributed by atoms with E-state index < -0.39 is 5.82 Å². The van der Waals surface area contributed by atoms with Crippen LogP contribution in [0, 0.1) is 5.82 Å². The summed E-state index contributed by atoms with van der Waals surface area (Å²) in [6.45, 7) is 0. The van der Waals surface area contributed by atoms with Crippen molar-refractivity contribution in [2.24, 2.45) is 0 Å². The lowest BCUT2D eigenvalue weighted by Gasteiger charge is -2.42. The molecule has 1 aromatic rings. The Balaban J connectivity index is 1.91. The molecule has 0 N–H and O–H groups in total. The Kier molecular flexibility index (Phi) is 5.58. The zero-order valence-corrected chi connectivity index (χ0v) is 14.3. The summed E-state index contributed by atoms with van der Waals surface area (Å²) in [6, 6.07) is 4.99. The van der Waals surface area contributed by atoms with Crippen LogP contribution in [0.3, 0.4) is 0 Å². The summed E-state index contributed by atoms with van der Waals surface area (Å²) in [5.74, 6) is -0.703. The third-order valence-electron chi connectivity index (χ3n) is 5.35. The van der Waals surface area contributed by atoms with Crippen LogP contribution in [0.15, 0.2) is 18.2 Å². The zero-order chi connectivity index (χ0) is 16.2. The molecule has 2 aliphatic rings. The van der Waals surface area contributed by atoms with Crippen LogP contribution in [0.25, 0.3) is 0 Å². The number of halogens is 2. The molecule has 4 heteroatoms. The van der Waals surface area contributed by atoms with Crippen molar-refractivity contribution in [3.63, 3.8) is 0 Å². The highest BCUT2D eigenvalue weighted by Crippen LogP contribution is 2.33. The molecule has 126 valence electrons. The van der Waals surface area contributed by atoms with Gasteiger partial charge >= 0.3 is 0 Å². The van der Waals surface area contributed by atoms with Gasteiger partial charge in [-0.25, -0.2) is 4.39 Å². The van der Waals surface area contributed by atoms with E-state index in [2.05, 4.69) is 0 Å². The smallest absolute Gasteiger partial charge is 0.258 e. The molecule has 0 saturated heterocycles. The van der Waals surface area contributed by atoms with Gasteiger partial charge in [-0.15, -0.1) is 0 Å². The molecule has 0 spiro atoms. The summed E-state index contributed by atoms with van der Waals surface area (Å²) in [5.41, 5.74) is 0.0605. The standard InChI is InChI=1S/C19H25ClFNO/c20-16-12-7-13-17(21)18(16)19(23)22(14-8-3-1-4-9-14)15-10-5-2-6-11-15/h7,12-15H,1-6,8-11H2. The van der Waals surface area contributed by atoms with E-state index in [4.69, 9.17) is 11.6 Å². The van der Waals surface area contributed by atoms with Gasteiger partial charge in [0, 0.05) is 12.1 Å². The van der Waals surface area contributed by atoms with E-state index in [-0.39, 0.29) is 28.6 Å². The molecule has 0 aliphatic heterocycles. The Labute approximate surface area is 143 Å². The highest BCUT2D eigenvalue weighted by atomic mass is 35.5. The number of amides is 1. The Morgan fingerprint density at radius 1 is 0.957 bits per heavy atom. The first-order valence-electron chi connectivity index (χ1n) is 8.95. The minimum absolute atomic E-state index is 0.0605. The molecule has 0 bridgehead atoms. The number of hydrogen-bond donors (Lipinski definition) is 0. The number of rotatable bonds is 3. The average Bonchev–Trinajstić information content (AvgIpc) is 2.57. The minimum Gasteiger partial charge on any atom is -0.333 e. The molecule has 2 fully saturated rings. The van der Waals surface area contributed by atoms with E-state index in [1.807, 2.05) is 4.90 Å². The Morgan fingerprint density at radius 3 is 1.96 bits per heavy atom. The number of benzene rings is 1. The van der Waals surface area contributed by atoms with Gasteiger partial charge in [-0.2, -0.15) is 0 Å². The van der Waals surface area contributed by atoms with Crippen molar-refractivity contribution in [1.82, 2.24) is 4.90 Å². The number of carbonyl (C=O) groups excluding carboxylic acids is 1. The molecule has 0 heterocycles. The second kappa shape index (κ2) is 7.65. The normalized spacial score (nSPS) is 20.4. The Bertz CT molecular complexity index is 512. The van der Waals surface area contributed by atoms with Crippen molar-refractivity contribution < 1.29 is 9.18 Å². The van der Waals surface area contributed by atoms with Crippen molar-refractivity contribution in [3.8, 4) is 0 Å². The maximum atomic E-state index is 14.3. The molecule has 2 nitrogen and oxygen atoms in total. The number of nitrogens with zero attached hydrogens (tertiary/aromatic N) is 1. The molecular weight excluding hydrogens is 313 g/mol. The molecule has 0 unspecified atom stereocenters. The zero-order valence-electron chi connectivity index (χ0n) is 13.6. The third-order valence-corrected chi connectivity index (χ3v) is 5.66. The minimum atomic E-state index is -0.501. The van der Waals surface area contributed by atoms with E-state index in [1.165, 1.54) is 18.9 Å². The quantitative estimate of drug-likeness (QED) is 0.704. The van der Waals surface area contributed by atoms with Crippen molar-refractivity contribution >= 4 is 17.5 Å². The van der Waals surface area contributed by atoms with Gasteiger partial charge in [-0.3, -0.25) is 4.79 Å². The fraction of sp³-hybridized carbons (Fsp3) is 0.632. The van der Waals surface area contributed by atoms with E-state index in [0.717, 1.165) is 51.4 Å². The molecular formula is C19H25ClFNO. The highest BCUT2D eigenvalue weighted by Gasteiger charge is 2.34. The number of carbonyl (C=O) groups is 1. The van der Waals surface area contributed by atoms with Crippen LogP contribution in [-0.2, 0) is 0 Å². The monoisotopic (exact) mass is 337 g/mol. The molecule has 1 aromatic carbocycles. The average molecular weight is 338 g/mol. The van der Waals surface area contributed by atoms with Crippen LogP contribution in [0.5, 0.6) is 0 Å². The molecule has 23 heavy (non-hydrogen) atoms. The van der Waals surface area contributed by atoms with E-state index >= 15 is 0 Å². The van der Waals surface area contributed by atoms with Gasteiger partial charge in [0.1, 0.15) is 5.82 Å². The summed E-state index contributed by atoms with van der Waals surface area (Å²) in [4.78, 5) is 15.2. The Hall–Kier alpha value is -1.09. The summed E-state index contributed by atoms with van der Waals surface area (Å²) < 4.78 is 14.3. The predicted molar refractivity (Wildman–Crippen MR) is 91.3 cm³/mol. The van der Waals surface area contributed by atoms with Gasteiger partial charge in [-0.05, 0) is 37.8 Å². The SMILES string of the molecule is O=C(c1c(F)cccc1Cl)N(C1CCCCC1)C1CCCCC1. The molecule has 0 aromatic heterocycles. The lowest BCUT2D eigenvalue weighted by molar-refractivity contribution is 0.0444. The van der Waals surface area contributed by atoms with Gasteiger partial charge in [-0.1, -0.05) is 56.2 Å². The van der Waals surface area contributed by atoms with Crippen LogP contribution in [0.1, 0.15) is 74.6 Å². The molecule has 2 saturated carbocycles. The Morgan fingerprint density at radius 2 is 1.48 bits per heavy atom. The molecule has 0 radical (unpaired) electrons. The van der Waals surface area contributed by atoms with Gasteiger partial charge in [0.05, 0.1) is 10.6 Å². The second-order valence-electron chi connectivity index (χ2n) is 6.89. The van der Waals surface area contributed by atoms with Crippen molar-refractivity contribution in [1.29, 1.82) is 0 Å². The van der Waals surface area contributed by atoms with Crippen LogP contribution in [0.2, 0.25) is 5.02 Å². The maximum absolute atomic E-state index is 14.3. The van der Waals surface area contributed by atoms with Crippen LogP contribution < -0.4 is 0 Å². The topological polar surface area (TPSA) is 20.3 Å². The van der Waals surface area contributed by atoms with Crippen molar-refractivity contribution in [2.45, 2.75) is 76.3 Å². The molecule has 0 atom stereocenters.